The van der Waals surface area contributed by atoms with Crippen molar-refractivity contribution in [1.29, 1.82) is 0 Å². The topological polar surface area (TPSA) is 148 Å². The number of nitrogen functional groups attached to an aromatic ring is 2. The first-order chi connectivity index (χ1) is 11.6. The molecule has 0 amide bonds. The number of anilines is 2. The van der Waals surface area contributed by atoms with Gasteiger partial charge < -0.3 is 16.2 Å². The number of nitro benzene ring substituents is 2. The summed E-state index contributed by atoms with van der Waals surface area (Å²) < 4.78 is 4.82. The Kier molecular flexibility index (Phi) is 6.26. The lowest BCUT2D eigenvalue weighted by Crippen LogP contribution is -1.99. The Balaban J connectivity index is 0.000000251. The Hall–Kier alpha value is -3.36. The zero-order chi connectivity index (χ0) is 19.3. The van der Waals surface area contributed by atoms with Crippen molar-refractivity contribution in [2.24, 2.45) is 0 Å². The van der Waals surface area contributed by atoms with Crippen LogP contribution in [0.4, 0.5) is 22.7 Å². The van der Waals surface area contributed by atoms with E-state index in [2.05, 4.69) is 0 Å². The van der Waals surface area contributed by atoms with Crippen LogP contribution in [0, 0.1) is 41.0 Å². The number of benzene rings is 2. The normalized spacial score (nSPS) is 9.76. The summed E-state index contributed by atoms with van der Waals surface area (Å²) in [5, 5.41) is 20.9. The zero-order valence-corrected chi connectivity index (χ0v) is 14.4. The third-order valence-corrected chi connectivity index (χ3v) is 3.72. The van der Waals surface area contributed by atoms with Crippen molar-refractivity contribution < 1.29 is 14.6 Å². The molecule has 2 aromatic carbocycles. The minimum atomic E-state index is -0.495. The van der Waals surface area contributed by atoms with E-state index in [4.69, 9.17) is 16.2 Å². The van der Waals surface area contributed by atoms with Gasteiger partial charge in [-0.3, -0.25) is 20.2 Å². The maximum Gasteiger partial charge on any atom is 0.311 e. The van der Waals surface area contributed by atoms with E-state index in [9.17, 15) is 20.2 Å². The van der Waals surface area contributed by atoms with Gasteiger partial charge in [0, 0.05) is 23.9 Å². The fourth-order valence-electron chi connectivity index (χ4n) is 1.98. The first-order valence-corrected chi connectivity index (χ1v) is 7.18. The molecular weight excluding hydrogens is 328 g/mol. The van der Waals surface area contributed by atoms with Crippen LogP contribution in [0.25, 0.3) is 0 Å². The number of ether oxygens (including phenoxy) is 1. The van der Waals surface area contributed by atoms with Crippen LogP contribution in [0.3, 0.4) is 0 Å². The van der Waals surface area contributed by atoms with Gasteiger partial charge in [0.2, 0.25) is 0 Å². The first kappa shape index (κ1) is 19.7. The average molecular weight is 348 g/mol. The number of rotatable bonds is 3. The second-order valence-electron chi connectivity index (χ2n) is 5.34. The van der Waals surface area contributed by atoms with Gasteiger partial charge in [-0.25, -0.2) is 0 Å². The Morgan fingerprint density at radius 2 is 1.48 bits per heavy atom. The molecule has 0 aliphatic rings. The van der Waals surface area contributed by atoms with Crippen molar-refractivity contribution in [2.45, 2.75) is 20.8 Å². The second kappa shape index (κ2) is 7.95. The SMILES string of the molecule is COc1cc(N)c(C)cc1[N+](=O)[O-].Cc1ccc([N+](=O)[O-])c(N)c1C. The molecule has 9 nitrogen and oxygen atoms in total. The molecule has 0 aliphatic heterocycles. The van der Waals surface area contributed by atoms with Crippen LogP contribution in [0.15, 0.2) is 24.3 Å². The fraction of sp³-hybridized carbons (Fsp3) is 0.250. The Morgan fingerprint density at radius 3 is 1.96 bits per heavy atom. The van der Waals surface area contributed by atoms with Crippen molar-refractivity contribution in [3.05, 3.63) is 61.2 Å². The molecule has 0 atom stereocenters. The number of aryl methyl sites for hydroxylation is 2. The Labute approximate surface area is 144 Å². The molecule has 2 rings (SSSR count). The third kappa shape index (κ3) is 4.56. The molecule has 134 valence electrons. The molecule has 0 spiro atoms. The maximum absolute atomic E-state index is 10.5. The van der Waals surface area contributed by atoms with Crippen molar-refractivity contribution in [3.63, 3.8) is 0 Å². The van der Waals surface area contributed by atoms with E-state index in [1.54, 1.807) is 19.9 Å². The fourth-order valence-corrected chi connectivity index (χ4v) is 1.98. The standard InChI is InChI=1S/C8H10N2O3.C8H10N2O2/c1-5-3-7(10(11)12)8(13-2)4-6(5)9;1-5-3-4-7(10(11)12)8(9)6(5)2/h3-4H,9H2,1-2H3;3-4H,9H2,1-2H3. The lowest BCUT2D eigenvalue weighted by atomic mass is 10.1. The Bertz CT molecular complexity index is 821. The summed E-state index contributed by atoms with van der Waals surface area (Å²) in [7, 11) is 1.37. The summed E-state index contributed by atoms with van der Waals surface area (Å²) in [6.07, 6.45) is 0. The minimum Gasteiger partial charge on any atom is -0.490 e. The zero-order valence-electron chi connectivity index (χ0n) is 14.4. The molecule has 0 radical (unpaired) electrons. The average Bonchev–Trinajstić information content (AvgIpc) is 2.54. The molecule has 0 saturated heterocycles. The van der Waals surface area contributed by atoms with E-state index in [1.165, 1.54) is 25.3 Å². The van der Waals surface area contributed by atoms with E-state index in [0.717, 1.165) is 11.1 Å². The van der Waals surface area contributed by atoms with Gasteiger partial charge in [-0.1, -0.05) is 6.07 Å². The summed E-state index contributed by atoms with van der Waals surface area (Å²) in [4.78, 5) is 20.0. The molecule has 0 fully saturated rings. The highest BCUT2D eigenvalue weighted by Crippen LogP contribution is 2.31. The molecule has 0 aliphatic carbocycles. The van der Waals surface area contributed by atoms with Crippen molar-refractivity contribution in [2.75, 3.05) is 18.6 Å². The third-order valence-electron chi connectivity index (χ3n) is 3.72. The number of nitrogens with zero attached hydrogens (tertiary/aromatic N) is 2. The summed E-state index contributed by atoms with van der Waals surface area (Å²) in [6, 6.07) is 5.98. The minimum absolute atomic E-state index is 0.0156. The number of nitro groups is 2. The molecule has 2 aromatic rings. The lowest BCUT2D eigenvalue weighted by molar-refractivity contribution is -0.385. The smallest absolute Gasteiger partial charge is 0.311 e. The van der Waals surface area contributed by atoms with Gasteiger partial charge in [0.05, 0.1) is 17.0 Å². The van der Waals surface area contributed by atoms with E-state index in [1.807, 2.05) is 6.92 Å². The van der Waals surface area contributed by atoms with Crippen LogP contribution in [-0.4, -0.2) is 17.0 Å². The second-order valence-corrected chi connectivity index (χ2v) is 5.34. The molecule has 9 heteroatoms. The van der Waals surface area contributed by atoms with Gasteiger partial charge in [0.1, 0.15) is 5.69 Å². The predicted molar refractivity (Wildman–Crippen MR) is 95.8 cm³/mol. The van der Waals surface area contributed by atoms with Crippen LogP contribution in [0.1, 0.15) is 16.7 Å². The van der Waals surface area contributed by atoms with Gasteiger partial charge in [-0.2, -0.15) is 0 Å². The van der Waals surface area contributed by atoms with E-state index < -0.39 is 9.85 Å². The van der Waals surface area contributed by atoms with Crippen LogP contribution in [0.2, 0.25) is 0 Å². The quantitative estimate of drug-likeness (QED) is 0.491. The summed E-state index contributed by atoms with van der Waals surface area (Å²) in [5.74, 6) is 0.188. The van der Waals surface area contributed by atoms with E-state index in [0.29, 0.717) is 11.3 Å². The molecule has 0 unspecified atom stereocenters. The molecular formula is C16H20N4O5. The molecule has 0 saturated carbocycles. The molecule has 0 aromatic heterocycles. The molecule has 4 N–H and O–H groups in total. The monoisotopic (exact) mass is 348 g/mol. The van der Waals surface area contributed by atoms with Crippen LogP contribution in [0.5, 0.6) is 5.75 Å². The van der Waals surface area contributed by atoms with Gasteiger partial charge in [0.15, 0.2) is 5.75 Å². The Morgan fingerprint density at radius 1 is 0.920 bits per heavy atom. The van der Waals surface area contributed by atoms with Gasteiger partial charge in [-0.05, 0) is 37.5 Å². The van der Waals surface area contributed by atoms with Crippen LogP contribution in [-0.2, 0) is 0 Å². The van der Waals surface area contributed by atoms with Gasteiger partial charge in [-0.15, -0.1) is 0 Å². The first-order valence-electron chi connectivity index (χ1n) is 7.18. The summed E-state index contributed by atoms with van der Waals surface area (Å²) in [5.41, 5.74) is 14.2. The predicted octanol–water partition coefficient (Wildman–Crippen LogP) is 3.29. The van der Waals surface area contributed by atoms with Gasteiger partial charge >= 0.3 is 5.69 Å². The molecule has 25 heavy (non-hydrogen) atoms. The van der Waals surface area contributed by atoms with Crippen LogP contribution < -0.4 is 16.2 Å². The number of hydrogen-bond acceptors (Lipinski definition) is 7. The highest BCUT2D eigenvalue weighted by molar-refractivity contribution is 5.64. The lowest BCUT2D eigenvalue weighted by Gasteiger charge is -2.04. The summed E-state index contributed by atoms with van der Waals surface area (Å²) in [6.45, 7) is 5.36. The van der Waals surface area contributed by atoms with E-state index in [-0.39, 0.29) is 22.8 Å². The largest absolute Gasteiger partial charge is 0.490 e. The van der Waals surface area contributed by atoms with E-state index >= 15 is 0 Å². The van der Waals surface area contributed by atoms with Crippen molar-refractivity contribution >= 4 is 22.7 Å². The maximum atomic E-state index is 10.5. The van der Waals surface area contributed by atoms with Crippen molar-refractivity contribution in [3.8, 4) is 5.75 Å². The number of hydrogen-bond donors (Lipinski definition) is 2. The number of nitrogens with two attached hydrogens (primary N) is 2. The molecule has 0 bridgehead atoms. The summed E-state index contributed by atoms with van der Waals surface area (Å²) >= 11 is 0. The highest BCUT2D eigenvalue weighted by Gasteiger charge is 2.16. The molecule has 0 heterocycles. The highest BCUT2D eigenvalue weighted by atomic mass is 16.6. The number of methoxy groups -OCH3 is 1. The van der Waals surface area contributed by atoms with Gasteiger partial charge in [0.25, 0.3) is 5.69 Å². The van der Waals surface area contributed by atoms with Crippen molar-refractivity contribution in [1.82, 2.24) is 0 Å². The van der Waals surface area contributed by atoms with Crippen LogP contribution >= 0.6 is 0 Å².